The monoisotopic (exact) mass is 246 g/mol. The van der Waals surface area contributed by atoms with Crippen molar-refractivity contribution in [3.63, 3.8) is 0 Å². The molecule has 0 aliphatic carbocycles. The molecule has 3 heteroatoms. The minimum Gasteiger partial charge on any atom is -0.382 e. The summed E-state index contributed by atoms with van der Waals surface area (Å²) in [6, 6.07) is 2.68. The molecule has 2 nitrogen and oxygen atoms in total. The van der Waals surface area contributed by atoms with E-state index in [0.29, 0.717) is 0 Å². The van der Waals surface area contributed by atoms with Crippen molar-refractivity contribution in [2.45, 2.75) is 51.9 Å². The molecule has 0 fully saturated rings. The van der Waals surface area contributed by atoms with Gasteiger partial charge in [0.05, 0.1) is 20.6 Å². The van der Waals surface area contributed by atoms with Crippen LogP contribution in [0.15, 0.2) is 0 Å². The van der Waals surface area contributed by atoms with E-state index < -0.39 is 8.80 Å². The molecule has 0 bridgehead atoms. The van der Waals surface area contributed by atoms with E-state index in [2.05, 4.69) is 34.6 Å². The second-order valence-electron chi connectivity index (χ2n) is 5.91. The SMILES string of the molecule is COCC(C)(OC)[SiH](CC(C)C)CC(C)C. The first-order chi connectivity index (χ1) is 7.35. The van der Waals surface area contributed by atoms with Crippen molar-refractivity contribution in [2.75, 3.05) is 20.8 Å². The molecule has 0 N–H and O–H groups in total. The van der Waals surface area contributed by atoms with Gasteiger partial charge in [-0.2, -0.15) is 0 Å². The van der Waals surface area contributed by atoms with Crippen LogP contribution < -0.4 is 0 Å². The molecule has 0 heterocycles. The van der Waals surface area contributed by atoms with Crippen molar-refractivity contribution >= 4 is 8.80 Å². The summed E-state index contributed by atoms with van der Waals surface area (Å²) in [7, 11) is 2.66. The predicted octanol–water partition coefficient (Wildman–Crippen LogP) is 3.12. The quantitative estimate of drug-likeness (QED) is 0.613. The summed E-state index contributed by atoms with van der Waals surface area (Å²) in [5.74, 6) is 1.53. The summed E-state index contributed by atoms with van der Waals surface area (Å²) < 4.78 is 11.1. The molecule has 0 amide bonds. The van der Waals surface area contributed by atoms with Crippen LogP contribution in [0.4, 0.5) is 0 Å². The lowest BCUT2D eigenvalue weighted by atomic mass is 10.3. The first-order valence-corrected chi connectivity index (χ1v) is 8.60. The Kier molecular flexibility index (Phi) is 7.52. The fraction of sp³-hybridized carbons (Fsp3) is 1.00. The van der Waals surface area contributed by atoms with Gasteiger partial charge in [-0.3, -0.25) is 0 Å². The smallest absolute Gasteiger partial charge is 0.0787 e. The second kappa shape index (κ2) is 7.46. The van der Waals surface area contributed by atoms with Gasteiger partial charge < -0.3 is 9.47 Å². The lowest BCUT2D eigenvalue weighted by Crippen LogP contribution is -2.49. The fourth-order valence-electron chi connectivity index (χ4n) is 2.36. The van der Waals surface area contributed by atoms with Crippen molar-refractivity contribution in [2.24, 2.45) is 11.8 Å². The van der Waals surface area contributed by atoms with Crippen LogP contribution in [0.3, 0.4) is 0 Å². The predicted molar refractivity (Wildman–Crippen MR) is 73.7 cm³/mol. The maximum atomic E-state index is 5.78. The lowest BCUT2D eigenvalue weighted by Gasteiger charge is -2.37. The van der Waals surface area contributed by atoms with E-state index in [1.807, 2.05) is 7.11 Å². The van der Waals surface area contributed by atoms with E-state index >= 15 is 0 Å². The van der Waals surface area contributed by atoms with Gasteiger partial charge in [0.25, 0.3) is 0 Å². The van der Waals surface area contributed by atoms with Crippen LogP contribution in [0, 0.1) is 11.8 Å². The van der Waals surface area contributed by atoms with Crippen LogP contribution in [0.2, 0.25) is 12.1 Å². The summed E-state index contributed by atoms with van der Waals surface area (Å²) in [5, 5.41) is -0.0106. The molecule has 0 aliphatic heterocycles. The molecule has 0 aliphatic rings. The summed E-state index contributed by atoms with van der Waals surface area (Å²) in [6.45, 7) is 12.2. The number of hydrogen-bond donors (Lipinski definition) is 0. The Balaban J connectivity index is 4.67. The zero-order valence-corrected chi connectivity index (χ0v) is 13.3. The number of ether oxygens (including phenoxy) is 2. The van der Waals surface area contributed by atoms with Crippen LogP contribution in [-0.4, -0.2) is 34.8 Å². The Morgan fingerprint density at radius 2 is 1.44 bits per heavy atom. The minimum absolute atomic E-state index is 0.0106. The highest BCUT2D eigenvalue weighted by Crippen LogP contribution is 2.26. The summed E-state index contributed by atoms with van der Waals surface area (Å²) in [5.41, 5.74) is 0. The van der Waals surface area contributed by atoms with Crippen LogP contribution in [0.1, 0.15) is 34.6 Å². The van der Waals surface area contributed by atoms with Crippen LogP contribution in [0.25, 0.3) is 0 Å². The maximum Gasteiger partial charge on any atom is 0.0787 e. The topological polar surface area (TPSA) is 18.5 Å². The fourth-order valence-corrected chi connectivity index (χ4v) is 6.56. The van der Waals surface area contributed by atoms with Gasteiger partial charge in [0.2, 0.25) is 0 Å². The van der Waals surface area contributed by atoms with Gasteiger partial charge in [-0.25, -0.2) is 0 Å². The van der Waals surface area contributed by atoms with E-state index in [4.69, 9.17) is 9.47 Å². The molecule has 0 saturated carbocycles. The molecule has 0 aromatic carbocycles. The summed E-state index contributed by atoms with van der Waals surface area (Å²) >= 11 is 0. The van der Waals surface area contributed by atoms with Crippen molar-refractivity contribution < 1.29 is 9.47 Å². The number of methoxy groups -OCH3 is 2. The zero-order valence-electron chi connectivity index (χ0n) is 12.2. The third kappa shape index (κ3) is 5.46. The molecule has 98 valence electrons. The average molecular weight is 246 g/mol. The van der Waals surface area contributed by atoms with Gasteiger partial charge in [-0.15, -0.1) is 0 Å². The van der Waals surface area contributed by atoms with Gasteiger partial charge in [0, 0.05) is 14.2 Å². The highest BCUT2D eigenvalue weighted by molar-refractivity contribution is 6.62. The van der Waals surface area contributed by atoms with E-state index in [-0.39, 0.29) is 5.22 Å². The molecule has 16 heavy (non-hydrogen) atoms. The molecule has 1 unspecified atom stereocenters. The number of rotatable bonds is 8. The summed E-state index contributed by atoms with van der Waals surface area (Å²) in [4.78, 5) is 0. The van der Waals surface area contributed by atoms with Gasteiger partial charge in [-0.05, 0) is 18.8 Å². The van der Waals surface area contributed by atoms with Crippen molar-refractivity contribution in [3.8, 4) is 0 Å². The molecule has 1 atom stereocenters. The average Bonchev–Trinajstić information content (AvgIpc) is 2.15. The van der Waals surface area contributed by atoms with E-state index in [9.17, 15) is 0 Å². The molecule has 0 rings (SSSR count). The Labute approximate surface area is 103 Å². The molecule has 0 aromatic heterocycles. The molecular formula is C13H30O2Si. The first-order valence-electron chi connectivity index (χ1n) is 6.39. The normalized spacial score (nSPS) is 16.1. The third-order valence-electron chi connectivity index (χ3n) is 3.27. The van der Waals surface area contributed by atoms with Gasteiger partial charge in [0.1, 0.15) is 0 Å². The zero-order chi connectivity index (χ0) is 12.8. The first kappa shape index (κ1) is 16.1. The van der Waals surface area contributed by atoms with Gasteiger partial charge in [0.15, 0.2) is 0 Å². The van der Waals surface area contributed by atoms with E-state index in [0.717, 1.165) is 18.4 Å². The van der Waals surface area contributed by atoms with Crippen molar-refractivity contribution in [1.29, 1.82) is 0 Å². The second-order valence-corrected chi connectivity index (χ2v) is 9.46. The van der Waals surface area contributed by atoms with Gasteiger partial charge in [-0.1, -0.05) is 39.8 Å². The Morgan fingerprint density at radius 3 is 1.69 bits per heavy atom. The van der Waals surface area contributed by atoms with E-state index in [1.54, 1.807) is 7.11 Å². The van der Waals surface area contributed by atoms with Crippen molar-refractivity contribution in [1.82, 2.24) is 0 Å². The molecule has 0 spiro atoms. The van der Waals surface area contributed by atoms with Crippen LogP contribution in [0.5, 0.6) is 0 Å². The maximum absolute atomic E-state index is 5.78. The van der Waals surface area contributed by atoms with Crippen molar-refractivity contribution in [3.05, 3.63) is 0 Å². The van der Waals surface area contributed by atoms with Crippen LogP contribution >= 0.6 is 0 Å². The number of hydrogen-bond acceptors (Lipinski definition) is 2. The van der Waals surface area contributed by atoms with E-state index in [1.165, 1.54) is 12.1 Å². The third-order valence-corrected chi connectivity index (χ3v) is 8.43. The molecule has 0 aromatic rings. The lowest BCUT2D eigenvalue weighted by molar-refractivity contribution is 0.00202. The standard InChI is InChI=1S/C13H30O2Si/c1-11(2)8-16(9-12(3)4)13(5,15-7)10-14-6/h11-12,16H,8-10H2,1-7H3. The molecular weight excluding hydrogens is 216 g/mol. The molecule has 0 saturated heterocycles. The summed E-state index contributed by atoms with van der Waals surface area (Å²) in [6.07, 6.45) is 0. The highest BCUT2D eigenvalue weighted by Gasteiger charge is 2.36. The highest BCUT2D eigenvalue weighted by atomic mass is 28.3. The Morgan fingerprint density at radius 1 is 1.00 bits per heavy atom. The minimum atomic E-state index is -0.944. The van der Waals surface area contributed by atoms with Crippen LogP contribution in [-0.2, 0) is 9.47 Å². The largest absolute Gasteiger partial charge is 0.382 e. The Bertz CT molecular complexity index is 173. The molecule has 0 radical (unpaired) electrons. The Hall–Kier alpha value is 0.137. The van der Waals surface area contributed by atoms with Gasteiger partial charge >= 0.3 is 0 Å².